The quantitative estimate of drug-likeness (QED) is 0.572. The van der Waals surface area contributed by atoms with Crippen molar-refractivity contribution in [2.24, 2.45) is 0 Å². The van der Waals surface area contributed by atoms with Crippen molar-refractivity contribution in [2.45, 2.75) is 33.3 Å². The lowest BCUT2D eigenvalue weighted by atomic mass is 10.1. The van der Waals surface area contributed by atoms with Crippen LogP contribution in [0.1, 0.15) is 38.1 Å². The summed E-state index contributed by atoms with van der Waals surface area (Å²) in [6.45, 7) is 7.80. The molecule has 1 rings (SSSR count). The zero-order valence-corrected chi connectivity index (χ0v) is 10.3. The highest BCUT2D eigenvalue weighted by atomic mass is 16.5. The Morgan fingerprint density at radius 3 is 2.19 bits per heavy atom. The highest BCUT2D eigenvalue weighted by Crippen LogP contribution is 2.18. The van der Waals surface area contributed by atoms with E-state index in [4.69, 9.17) is 4.74 Å². The minimum absolute atomic E-state index is 0.0183. The van der Waals surface area contributed by atoms with Crippen LogP contribution in [0.5, 0.6) is 5.75 Å². The van der Waals surface area contributed by atoms with Crippen molar-refractivity contribution in [3.63, 3.8) is 0 Å². The number of ether oxygens (including phenoxy) is 1. The molecule has 0 saturated carbocycles. The van der Waals surface area contributed by atoms with Crippen LogP contribution in [0.4, 0.5) is 0 Å². The predicted octanol–water partition coefficient (Wildman–Crippen LogP) is 3.62. The Balaban J connectivity index is 2.79. The summed E-state index contributed by atoms with van der Waals surface area (Å²) in [6, 6.07) is 7.21. The van der Waals surface area contributed by atoms with Crippen LogP contribution in [0.3, 0.4) is 0 Å². The van der Waals surface area contributed by atoms with Gasteiger partial charge in [0.05, 0.1) is 0 Å². The van der Waals surface area contributed by atoms with Crippen LogP contribution in [-0.2, 0) is 0 Å². The van der Waals surface area contributed by atoms with Crippen molar-refractivity contribution in [2.75, 3.05) is 0 Å². The third-order valence-corrected chi connectivity index (χ3v) is 1.88. The van der Waals surface area contributed by atoms with Gasteiger partial charge in [-0.2, -0.15) is 0 Å². The summed E-state index contributed by atoms with van der Waals surface area (Å²) < 4.78 is 5.67. The summed E-state index contributed by atoms with van der Waals surface area (Å²) in [6.07, 6.45) is 3.29. The van der Waals surface area contributed by atoms with E-state index in [1.807, 2.05) is 39.8 Å². The highest BCUT2D eigenvalue weighted by molar-refractivity contribution is 6.04. The van der Waals surface area contributed by atoms with Crippen LogP contribution >= 0.6 is 0 Å². The van der Waals surface area contributed by atoms with Gasteiger partial charge >= 0.3 is 0 Å². The zero-order valence-electron chi connectivity index (χ0n) is 10.3. The lowest BCUT2D eigenvalue weighted by molar-refractivity contribution is 0.104. The van der Waals surface area contributed by atoms with Crippen molar-refractivity contribution >= 4 is 5.78 Å². The summed E-state index contributed by atoms with van der Waals surface area (Å²) in [5.41, 5.74) is 0.467. The molecule has 0 unspecified atom stereocenters. The molecule has 16 heavy (non-hydrogen) atoms. The van der Waals surface area contributed by atoms with E-state index in [-0.39, 0.29) is 11.4 Å². The van der Waals surface area contributed by atoms with E-state index < -0.39 is 0 Å². The van der Waals surface area contributed by atoms with E-state index in [2.05, 4.69) is 0 Å². The normalized spacial score (nSPS) is 11.8. The fourth-order valence-corrected chi connectivity index (χ4v) is 1.29. The van der Waals surface area contributed by atoms with Gasteiger partial charge in [-0.05, 0) is 58.0 Å². The van der Waals surface area contributed by atoms with E-state index in [0.717, 1.165) is 5.75 Å². The predicted molar refractivity (Wildman–Crippen MR) is 66.0 cm³/mol. The maximum atomic E-state index is 11.5. The molecule has 0 saturated heterocycles. The Morgan fingerprint density at radius 1 is 1.19 bits per heavy atom. The van der Waals surface area contributed by atoms with Gasteiger partial charge in [-0.3, -0.25) is 4.79 Å². The smallest absolute Gasteiger partial charge is 0.185 e. The maximum Gasteiger partial charge on any atom is 0.185 e. The Labute approximate surface area is 96.9 Å². The molecule has 0 atom stereocenters. The van der Waals surface area contributed by atoms with Crippen LogP contribution in [0, 0.1) is 0 Å². The second-order valence-electron chi connectivity index (χ2n) is 4.60. The van der Waals surface area contributed by atoms with E-state index in [1.165, 1.54) is 0 Å². The summed E-state index contributed by atoms with van der Waals surface area (Å²) in [7, 11) is 0. The Morgan fingerprint density at radius 2 is 1.75 bits per heavy atom. The van der Waals surface area contributed by atoms with Gasteiger partial charge < -0.3 is 4.74 Å². The van der Waals surface area contributed by atoms with Crippen LogP contribution in [-0.4, -0.2) is 11.4 Å². The van der Waals surface area contributed by atoms with Gasteiger partial charge in [-0.25, -0.2) is 0 Å². The number of hydrogen-bond acceptors (Lipinski definition) is 2. The lowest BCUT2D eigenvalue weighted by Gasteiger charge is -2.21. The van der Waals surface area contributed by atoms with Crippen LogP contribution < -0.4 is 4.74 Å². The number of hydrogen-bond donors (Lipinski definition) is 0. The zero-order chi connectivity index (χ0) is 12.2. The molecule has 0 radical (unpaired) electrons. The third-order valence-electron chi connectivity index (χ3n) is 1.88. The van der Waals surface area contributed by atoms with Gasteiger partial charge in [0.2, 0.25) is 0 Å². The molecule has 0 amide bonds. The highest BCUT2D eigenvalue weighted by Gasteiger charge is 2.11. The van der Waals surface area contributed by atoms with Crippen molar-refractivity contribution in [1.29, 1.82) is 0 Å². The molecular weight excluding hydrogens is 200 g/mol. The molecule has 0 aliphatic carbocycles. The van der Waals surface area contributed by atoms with E-state index in [9.17, 15) is 4.79 Å². The molecule has 0 aliphatic rings. The van der Waals surface area contributed by atoms with Gasteiger partial charge in [0.1, 0.15) is 11.4 Å². The molecule has 0 spiro atoms. The minimum Gasteiger partial charge on any atom is -0.488 e. The molecule has 2 nitrogen and oxygen atoms in total. The first kappa shape index (κ1) is 12.5. The molecule has 86 valence electrons. The lowest BCUT2D eigenvalue weighted by Crippen LogP contribution is -2.22. The summed E-state index contributed by atoms with van der Waals surface area (Å²) >= 11 is 0. The minimum atomic E-state index is -0.213. The monoisotopic (exact) mass is 218 g/mol. The first-order chi connectivity index (χ1) is 7.42. The SMILES string of the molecule is C/C=C/C(=O)c1ccc(OC(C)(C)C)cc1. The number of allylic oxidation sites excluding steroid dienone is 2. The van der Waals surface area contributed by atoms with E-state index >= 15 is 0 Å². The second-order valence-corrected chi connectivity index (χ2v) is 4.60. The molecule has 0 bridgehead atoms. The van der Waals surface area contributed by atoms with Crippen molar-refractivity contribution in [3.8, 4) is 5.75 Å². The number of benzene rings is 1. The Bertz CT molecular complexity index is 380. The Kier molecular flexibility index (Phi) is 3.88. The van der Waals surface area contributed by atoms with Crippen molar-refractivity contribution in [3.05, 3.63) is 42.0 Å². The average Bonchev–Trinajstić information content (AvgIpc) is 2.16. The van der Waals surface area contributed by atoms with Gasteiger partial charge in [0, 0.05) is 5.56 Å². The van der Waals surface area contributed by atoms with Crippen molar-refractivity contribution < 1.29 is 9.53 Å². The molecule has 2 heteroatoms. The Hall–Kier alpha value is -1.57. The molecule has 1 aromatic rings. The fraction of sp³-hybridized carbons (Fsp3) is 0.357. The van der Waals surface area contributed by atoms with Crippen LogP contribution in [0.2, 0.25) is 0 Å². The molecular formula is C14H18O2. The molecule has 0 heterocycles. The van der Waals surface area contributed by atoms with E-state index in [0.29, 0.717) is 5.56 Å². The number of carbonyl (C=O) groups excluding carboxylic acids is 1. The molecule has 0 N–H and O–H groups in total. The standard InChI is InChI=1S/C14H18O2/c1-5-6-13(15)11-7-9-12(10-8-11)16-14(2,3)4/h5-10H,1-4H3/b6-5+. The van der Waals surface area contributed by atoms with Crippen LogP contribution in [0.25, 0.3) is 0 Å². The maximum absolute atomic E-state index is 11.5. The molecule has 0 fully saturated rings. The molecule has 0 aromatic heterocycles. The van der Waals surface area contributed by atoms with Crippen LogP contribution in [0.15, 0.2) is 36.4 Å². The van der Waals surface area contributed by atoms with E-state index in [1.54, 1.807) is 24.3 Å². The fourth-order valence-electron chi connectivity index (χ4n) is 1.29. The van der Waals surface area contributed by atoms with Crippen molar-refractivity contribution in [1.82, 2.24) is 0 Å². The van der Waals surface area contributed by atoms with Gasteiger partial charge in [0.25, 0.3) is 0 Å². The number of rotatable bonds is 3. The first-order valence-corrected chi connectivity index (χ1v) is 5.38. The van der Waals surface area contributed by atoms with Gasteiger partial charge in [-0.15, -0.1) is 0 Å². The first-order valence-electron chi connectivity index (χ1n) is 5.38. The topological polar surface area (TPSA) is 26.3 Å². The largest absolute Gasteiger partial charge is 0.488 e. The average molecular weight is 218 g/mol. The number of ketones is 1. The molecule has 1 aromatic carbocycles. The summed E-state index contributed by atoms with van der Waals surface area (Å²) in [5.74, 6) is 0.800. The number of carbonyl (C=O) groups is 1. The molecule has 0 aliphatic heterocycles. The second kappa shape index (κ2) is 4.97. The third kappa shape index (κ3) is 3.89. The summed E-state index contributed by atoms with van der Waals surface area (Å²) in [5, 5.41) is 0. The van der Waals surface area contributed by atoms with Gasteiger partial charge in [-0.1, -0.05) is 6.08 Å². The summed E-state index contributed by atoms with van der Waals surface area (Å²) in [4.78, 5) is 11.5. The van der Waals surface area contributed by atoms with Gasteiger partial charge in [0.15, 0.2) is 5.78 Å².